The molecule has 0 aliphatic heterocycles. The van der Waals surface area contributed by atoms with Crippen LogP contribution in [0.25, 0.3) is 16.8 Å². The van der Waals surface area contributed by atoms with E-state index in [1.165, 1.54) is 39.7 Å². The summed E-state index contributed by atoms with van der Waals surface area (Å²) in [6.45, 7) is 0. The average molecular weight is 387 g/mol. The molecule has 0 unspecified atom stereocenters. The van der Waals surface area contributed by atoms with Gasteiger partial charge >= 0.3 is 5.91 Å². The highest BCUT2D eigenvalue weighted by atomic mass is 19.1. The number of ether oxygens (including phenoxy) is 1. The number of carbonyl (C=O) groups is 1. The Bertz CT molecular complexity index is 1090. The predicted molar refractivity (Wildman–Crippen MR) is 97.6 cm³/mol. The first-order chi connectivity index (χ1) is 13.4. The van der Waals surface area contributed by atoms with Crippen molar-refractivity contribution in [2.45, 2.75) is 0 Å². The molecule has 3 rings (SSSR count). The summed E-state index contributed by atoms with van der Waals surface area (Å²) in [6.07, 6.45) is 4.42. The Morgan fingerprint density at radius 1 is 1.25 bits per heavy atom. The molecule has 0 saturated heterocycles. The van der Waals surface area contributed by atoms with Gasteiger partial charge in [-0.1, -0.05) is 12.1 Å². The zero-order chi connectivity index (χ0) is 20.4. The normalized spacial score (nSPS) is 10.8. The summed E-state index contributed by atoms with van der Waals surface area (Å²) in [4.78, 5) is 29.6. The number of benzene rings is 1. The van der Waals surface area contributed by atoms with Crippen LogP contribution in [0, 0.1) is 5.82 Å². The van der Waals surface area contributed by atoms with E-state index in [1.54, 1.807) is 30.1 Å². The van der Waals surface area contributed by atoms with E-state index in [2.05, 4.69) is 10.2 Å². The van der Waals surface area contributed by atoms with Crippen LogP contribution in [0.5, 0.6) is 5.75 Å². The van der Waals surface area contributed by atoms with Crippen LogP contribution in [0.2, 0.25) is 0 Å². The number of nitrogens with zero attached hydrogens (tertiary/aromatic N) is 5. The molecule has 0 N–H and O–H groups in total. The number of aryl methyl sites for hydroxylation is 1. The summed E-state index contributed by atoms with van der Waals surface area (Å²) in [5.41, 5.74) is -0.280. The summed E-state index contributed by atoms with van der Waals surface area (Å²) < 4.78 is 22.9. The summed E-state index contributed by atoms with van der Waals surface area (Å²) >= 11 is 0. The molecular weight excluding hydrogens is 369 g/mol. The Labute approximate surface area is 159 Å². The lowest BCUT2D eigenvalue weighted by atomic mass is 10.1. The number of hydrogen-bond donors (Lipinski definition) is 0. The number of hydroxylamine groups is 2. The first-order valence-corrected chi connectivity index (χ1v) is 8.15. The van der Waals surface area contributed by atoms with Gasteiger partial charge in [0, 0.05) is 31.4 Å². The van der Waals surface area contributed by atoms with Crippen LogP contribution < -0.4 is 10.2 Å². The number of amides is 1. The van der Waals surface area contributed by atoms with E-state index in [0.717, 1.165) is 9.75 Å². The van der Waals surface area contributed by atoms with Gasteiger partial charge in [-0.25, -0.2) is 14.1 Å². The van der Waals surface area contributed by atoms with Gasteiger partial charge in [0.1, 0.15) is 5.69 Å². The van der Waals surface area contributed by atoms with E-state index in [1.807, 2.05) is 0 Å². The van der Waals surface area contributed by atoms with Crippen molar-refractivity contribution in [2.24, 2.45) is 7.05 Å². The van der Waals surface area contributed by atoms with Crippen molar-refractivity contribution in [1.29, 1.82) is 0 Å². The summed E-state index contributed by atoms with van der Waals surface area (Å²) in [5, 5.41) is 8.90. The molecule has 146 valence electrons. The van der Waals surface area contributed by atoms with Gasteiger partial charge in [0.05, 0.1) is 26.6 Å². The highest BCUT2D eigenvalue weighted by Gasteiger charge is 2.23. The van der Waals surface area contributed by atoms with Crippen molar-refractivity contribution in [2.75, 3.05) is 21.3 Å². The first kappa shape index (κ1) is 19.2. The standard InChI is InChI=1S/C18H18FN5O4/c1-22-9-11(8-20-22)12-6-5-7-13(15(12)19)24-10-14(27-3)17(25)16(21-24)18(26)23(2)28-4/h5-10H,1-4H3. The van der Waals surface area contributed by atoms with Crippen LogP contribution >= 0.6 is 0 Å². The minimum atomic E-state index is -0.788. The summed E-state index contributed by atoms with van der Waals surface area (Å²) in [6, 6.07) is 4.70. The maximum Gasteiger partial charge on any atom is 0.301 e. The van der Waals surface area contributed by atoms with Crippen molar-refractivity contribution in [1.82, 2.24) is 24.6 Å². The van der Waals surface area contributed by atoms with Crippen LogP contribution in [-0.4, -0.2) is 51.8 Å². The van der Waals surface area contributed by atoms with Crippen LogP contribution in [0.3, 0.4) is 0 Å². The third-order valence-electron chi connectivity index (χ3n) is 4.11. The van der Waals surface area contributed by atoms with Gasteiger partial charge in [-0.2, -0.15) is 10.2 Å². The molecule has 0 fully saturated rings. The smallest absolute Gasteiger partial charge is 0.301 e. The van der Waals surface area contributed by atoms with Gasteiger partial charge in [0.15, 0.2) is 11.6 Å². The zero-order valence-electron chi connectivity index (χ0n) is 15.7. The highest BCUT2D eigenvalue weighted by Crippen LogP contribution is 2.26. The average Bonchev–Trinajstić information content (AvgIpc) is 3.13. The Kier molecular flexibility index (Phi) is 5.23. The second-order valence-electron chi connectivity index (χ2n) is 5.85. The predicted octanol–water partition coefficient (Wildman–Crippen LogP) is 1.41. The maximum absolute atomic E-state index is 15.2. The fourth-order valence-electron chi connectivity index (χ4n) is 2.59. The third kappa shape index (κ3) is 3.37. The fourth-order valence-corrected chi connectivity index (χ4v) is 2.59. The largest absolute Gasteiger partial charge is 0.491 e. The number of carbonyl (C=O) groups excluding carboxylic acids is 1. The molecule has 1 amide bonds. The molecule has 2 aromatic heterocycles. The van der Waals surface area contributed by atoms with Gasteiger partial charge < -0.3 is 4.74 Å². The van der Waals surface area contributed by atoms with Crippen molar-refractivity contribution in [3.63, 3.8) is 0 Å². The molecule has 3 aromatic rings. The Balaban J connectivity index is 2.19. The number of halogens is 1. The number of methoxy groups -OCH3 is 1. The minimum Gasteiger partial charge on any atom is -0.491 e. The van der Waals surface area contributed by atoms with E-state index in [9.17, 15) is 9.59 Å². The maximum atomic E-state index is 15.2. The molecule has 28 heavy (non-hydrogen) atoms. The molecule has 0 aliphatic carbocycles. The molecule has 0 aliphatic rings. The number of aromatic nitrogens is 4. The second-order valence-corrected chi connectivity index (χ2v) is 5.85. The van der Waals surface area contributed by atoms with Crippen LogP contribution in [0.15, 0.2) is 41.6 Å². The molecule has 0 radical (unpaired) electrons. The second kappa shape index (κ2) is 7.61. The quantitative estimate of drug-likeness (QED) is 0.615. The van der Waals surface area contributed by atoms with E-state index in [-0.39, 0.29) is 11.4 Å². The van der Waals surface area contributed by atoms with Gasteiger partial charge in [-0.3, -0.25) is 19.1 Å². The molecule has 0 saturated carbocycles. The van der Waals surface area contributed by atoms with E-state index < -0.39 is 22.8 Å². The van der Waals surface area contributed by atoms with E-state index in [0.29, 0.717) is 11.1 Å². The highest BCUT2D eigenvalue weighted by molar-refractivity contribution is 5.91. The molecule has 1 aromatic carbocycles. The lowest BCUT2D eigenvalue weighted by molar-refractivity contribution is -0.0762. The van der Waals surface area contributed by atoms with Crippen molar-refractivity contribution in [3.8, 4) is 22.6 Å². The van der Waals surface area contributed by atoms with Crippen molar-refractivity contribution < 1.29 is 18.8 Å². The Morgan fingerprint density at radius 2 is 2.00 bits per heavy atom. The topological polar surface area (TPSA) is 91.5 Å². The lowest BCUT2D eigenvalue weighted by Crippen LogP contribution is -2.33. The van der Waals surface area contributed by atoms with Gasteiger partial charge in [0.2, 0.25) is 5.69 Å². The molecule has 0 atom stereocenters. The summed E-state index contributed by atoms with van der Waals surface area (Å²) in [5.74, 6) is -1.54. The Morgan fingerprint density at radius 3 is 2.61 bits per heavy atom. The third-order valence-corrected chi connectivity index (χ3v) is 4.11. The van der Waals surface area contributed by atoms with Crippen LogP contribution in [-0.2, 0) is 11.9 Å². The SMILES string of the molecule is COc1cn(-c2cccc(-c3cnn(C)c3)c2F)nc(C(=O)N(C)OC)c1=O. The van der Waals surface area contributed by atoms with E-state index in [4.69, 9.17) is 9.57 Å². The first-order valence-electron chi connectivity index (χ1n) is 8.15. The van der Waals surface area contributed by atoms with Crippen molar-refractivity contribution >= 4 is 5.91 Å². The molecular formula is C18H18FN5O4. The number of rotatable bonds is 5. The fraction of sp³-hybridized carbons (Fsp3) is 0.222. The molecule has 10 heteroatoms. The number of hydrogen-bond acceptors (Lipinski definition) is 6. The molecule has 0 bridgehead atoms. The van der Waals surface area contributed by atoms with Gasteiger partial charge in [-0.15, -0.1) is 0 Å². The Hall–Kier alpha value is -3.53. The minimum absolute atomic E-state index is 0.0359. The van der Waals surface area contributed by atoms with Crippen LogP contribution in [0.4, 0.5) is 4.39 Å². The van der Waals surface area contributed by atoms with Crippen LogP contribution in [0.1, 0.15) is 10.5 Å². The monoisotopic (exact) mass is 387 g/mol. The van der Waals surface area contributed by atoms with Gasteiger partial charge in [0.25, 0.3) is 5.43 Å². The molecule has 2 heterocycles. The zero-order valence-corrected chi connectivity index (χ0v) is 15.7. The summed E-state index contributed by atoms with van der Waals surface area (Å²) in [7, 11) is 5.60. The van der Waals surface area contributed by atoms with Crippen molar-refractivity contribution in [3.05, 3.63) is 58.5 Å². The molecule has 9 nitrogen and oxygen atoms in total. The lowest BCUT2D eigenvalue weighted by Gasteiger charge is -2.15. The van der Waals surface area contributed by atoms with E-state index >= 15 is 4.39 Å². The van der Waals surface area contributed by atoms with Gasteiger partial charge in [-0.05, 0) is 6.07 Å². The molecule has 0 spiro atoms.